The summed E-state index contributed by atoms with van der Waals surface area (Å²) < 4.78 is 5.23. The first-order valence-electron chi connectivity index (χ1n) is 7.57. The zero-order chi connectivity index (χ0) is 16.2. The summed E-state index contributed by atoms with van der Waals surface area (Å²) in [5.74, 6) is 0.560. The lowest BCUT2D eigenvalue weighted by molar-refractivity contribution is 0.0718. The molecule has 2 aromatic heterocycles. The third-order valence-corrected chi connectivity index (χ3v) is 4.62. The van der Waals surface area contributed by atoms with Gasteiger partial charge in [0.25, 0.3) is 11.8 Å². The van der Waals surface area contributed by atoms with Crippen molar-refractivity contribution in [2.24, 2.45) is 5.73 Å². The smallest absolute Gasteiger partial charge is 0.257 e. The fourth-order valence-electron chi connectivity index (χ4n) is 2.67. The summed E-state index contributed by atoms with van der Waals surface area (Å²) in [6.07, 6.45) is 2.22. The standard InChI is InChI=1S/C16H19N3O3S.ClH/c17-9-14-8-13(10-22-14)16(21)19-4-1-3-18(5-6-19)15(20)12-2-7-23-11-12;/h2,7-8,10-11H,1,3-6,9,17H2;1H. The summed E-state index contributed by atoms with van der Waals surface area (Å²) in [7, 11) is 0. The van der Waals surface area contributed by atoms with E-state index in [1.54, 1.807) is 11.0 Å². The van der Waals surface area contributed by atoms with Crippen LogP contribution in [0, 0.1) is 0 Å². The van der Waals surface area contributed by atoms with Gasteiger partial charge in [0.1, 0.15) is 12.0 Å². The first kappa shape index (κ1) is 18.5. The van der Waals surface area contributed by atoms with E-state index >= 15 is 0 Å². The molecule has 1 saturated heterocycles. The average molecular weight is 370 g/mol. The Balaban J connectivity index is 0.00000208. The van der Waals surface area contributed by atoms with Crippen molar-refractivity contribution in [1.82, 2.24) is 9.80 Å². The number of hydrogen-bond donors (Lipinski definition) is 1. The summed E-state index contributed by atoms with van der Waals surface area (Å²) in [5, 5.41) is 3.75. The highest BCUT2D eigenvalue weighted by Crippen LogP contribution is 2.15. The van der Waals surface area contributed by atoms with Gasteiger partial charge in [0, 0.05) is 31.6 Å². The SMILES string of the molecule is Cl.NCc1cc(C(=O)N2CCCN(C(=O)c3ccsc3)CC2)co1. The number of rotatable bonds is 3. The highest BCUT2D eigenvalue weighted by molar-refractivity contribution is 7.08. The topological polar surface area (TPSA) is 79.8 Å². The largest absolute Gasteiger partial charge is 0.467 e. The van der Waals surface area contributed by atoms with Gasteiger partial charge in [-0.2, -0.15) is 11.3 Å². The third-order valence-electron chi connectivity index (χ3n) is 3.94. The van der Waals surface area contributed by atoms with Crippen molar-refractivity contribution in [2.45, 2.75) is 13.0 Å². The molecular weight excluding hydrogens is 350 g/mol. The van der Waals surface area contributed by atoms with Gasteiger partial charge < -0.3 is 20.0 Å². The molecule has 0 radical (unpaired) electrons. The Morgan fingerprint density at radius 3 is 2.33 bits per heavy atom. The van der Waals surface area contributed by atoms with Gasteiger partial charge in [-0.1, -0.05) is 0 Å². The van der Waals surface area contributed by atoms with E-state index in [1.165, 1.54) is 17.6 Å². The Hall–Kier alpha value is -1.83. The first-order chi connectivity index (χ1) is 11.2. The molecule has 3 heterocycles. The van der Waals surface area contributed by atoms with Crippen LogP contribution in [0.3, 0.4) is 0 Å². The van der Waals surface area contributed by atoms with E-state index in [9.17, 15) is 9.59 Å². The van der Waals surface area contributed by atoms with Crippen molar-refractivity contribution >= 4 is 35.6 Å². The maximum Gasteiger partial charge on any atom is 0.257 e. The molecule has 0 aromatic carbocycles. The van der Waals surface area contributed by atoms with Gasteiger partial charge in [-0.05, 0) is 23.9 Å². The van der Waals surface area contributed by atoms with Crippen molar-refractivity contribution in [3.63, 3.8) is 0 Å². The van der Waals surface area contributed by atoms with E-state index in [-0.39, 0.29) is 30.8 Å². The van der Waals surface area contributed by atoms with Gasteiger partial charge >= 0.3 is 0 Å². The lowest BCUT2D eigenvalue weighted by atomic mass is 10.2. The summed E-state index contributed by atoms with van der Waals surface area (Å²) in [6, 6.07) is 3.52. The van der Waals surface area contributed by atoms with Crippen LogP contribution in [0.4, 0.5) is 0 Å². The number of nitrogens with zero attached hydrogens (tertiary/aromatic N) is 2. The number of hydrogen-bond acceptors (Lipinski definition) is 5. The van der Waals surface area contributed by atoms with Crippen LogP contribution in [0.25, 0.3) is 0 Å². The molecule has 6 nitrogen and oxygen atoms in total. The lowest BCUT2D eigenvalue weighted by Crippen LogP contribution is -2.37. The van der Waals surface area contributed by atoms with Crippen LogP contribution in [0.5, 0.6) is 0 Å². The van der Waals surface area contributed by atoms with Crippen LogP contribution < -0.4 is 5.73 Å². The summed E-state index contributed by atoms with van der Waals surface area (Å²) in [4.78, 5) is 28.5. The summed E-state index contributed by atoms with van der Waals surface area (Å²) in [5.41, 5.74) is 6.74. The number of carbonyl (C=O) groups excluding carboxylic acids is 2. The molecule has 130 valence electrons. The number of amides is 2. The number of furan rings is 1. The molecule has 0 aliphatic carbocycles. The van der Waals surface area contributed by atoms with Gasteiger partial charge in [-0.3, -0.25) is 9.59 Å². The van der Waals surface area contributed by atoms with Crippen LogP contribution in [-0.4, -0.2) is 47.8 Å². The Morgan fingerprint density at radius 1 is 1.12 bits per heavy atom. The first-order valence-corrected chi connectivity index (χ1v) is 8.51. The van der Waals surface area contributed by atoms with Gasteiger partial charge in [0.2, 0.25) is 0 Å². The van der Waals surface area contributed by atoms with E-state index in [0.29, 0.717) is 37.5 Å². The number of carbonyl (C=O) groups is 2. The molecule has 0 atom stereocenters. The predicted octanol–water partition coefficient (Wildman–Crippen LogP) is 2.21. The lowest BCUT2D eigenvalue weighted by Gasteiger charge is -2.21. The van der Waals surface area contributed by atoms with Crippen molar-refractivity contribution in [2.75, 3.05) is 26.2 Å². The van der Waals surface area contributed by atoms with E-state index in [4.69, 9.17) is 10.2 Å². The van der Waals surface area contributed by atoms with Crippen molar-refractivity contribution in [3.8, 4) is 0 Å². The van der Waals surface area contributed by atoms with Crippen molar-refractivity contribution in [3.05, 3.63) is 46.0 Å². The predicted molar refractivity (Wildman–Crippen MR) is 94.6 cm³/mol. The van der Waals surface area contributed by atoms with E-state index < -0.39 is 0 Å². The minimum Gasteiger partial charge on any atom is -0.467 e. The molecule has 2 aromatic rings. The quantitative estimate of drug-likeness (QED) is 0.899. The maximum atomic E-state index is 12.5. The molecule has 8 heteroatoms. The molecule has 1 aliphatic heterocycles. The Morgan fingerprint density at radius 2 is 1.79 bits per heavy atom. The number of halogens is 1. The van der Waals surface area contributed by atoms with Crippen molar-refractivity contribution in [1.29, 1.82) is 0 Å². The molecule has 0 saturated carbocycles. The average Bonchev–Trinajstić information content (AvgIpc) is 3.21. The van der Waals surface area contributed by atoms with Crippen molar-refractivity contribution < 1.29 is 14.0 Å². The Kier molecular flexibility index (Phi) is 6.42. The zero-order valence-corrected chi connectivity index (χ0v) is 14.8. The molecule has 24 heavy (non-hydrogen) atoms. The molecular formula is C16H20ClN3O3S. The minimum absolute atomic E-state index is 0. The van der Waals surface area contributed by atoms with E-state index in [1.807, 2.05) is 21.7 Å². The number of nitrogens with two attached hydrogens (primary N) is 1. The summed E-state index contributed by atoms with van der Waals surface area (Å²) >= 11 is 1.51. The monoisotopic (exact) mass is 369 g/mol. The Labute approximate surface area is 150 Å². The fourth-order valence-corrected chi connectivity index (χ4v) is 3.30. The fraction of sp³-hybridized carbons (Fsp3) is 0.375. The molecule has 2 N–H and O–H groups in total. The molecule has 1 fully saturated rings. The second-order valence-corrected chi connectivity index (χ2v) is 6.24. The highest BCUT2D eigenvalue weighted by atomic mass is 35.5. The van der Waals surface area contributed by atoms with Crippen LogP contribution in [0.15, 0.2) is 33.6 Å². The molecule has 0 unspecified atom stereocenters. The normalized spacial score (nSPS) is 14.9. The number of thiophene rings is 1. The van der Waals surface area contributed by atoms with Gasteiger partial charge in [-0.15, -0.1) is 12.4 Å². The second-order valence-electron chi connectivity index (χ2n) is 5.46. The zero-order valence-electron chi connectivity index (χ0n) is 13.1. The van der Waals surface area contributed by atoms with E-state index in [0.717, 1.165) is 12.0 Å². The molecule has 1 aliphatic rings. The molecule has 2 amide bonds. The Bertz CT molecular complexity index is 687. The molecule has 0 bridgehead atoms. The highest BCUT2D eigenvalue weighted by Gasteiger charge is 2.24. The van der Waals surface area contributed by atoms with Crippen LogP contribution in [0.2, 0.25) is 0 Å². The third kappa shape index (κ3) is 3.98. The molecule has 3 rings (SSSR count). The summed E-state index contributed by atoms with van der Waals surface area (Å²) in [6.45, 7) is 2.64. The van der Waals surface area contributed by atoms with Crippen LogP contribution in [0.1, 0.15) is 32.9 Å². The van der Waals surface area contributed by atoms with E-state index in [2.05, 4.69) is 0 Å². The second kappa shape index (κ2) is 8.32. The van der Waals surface area contributed by atoms with Gasteiger partial charge in [-0.25, -0.2) is 0 Å². The van der Waals surface area contributed by atoms with Crippen LogP contribution >= 0.6 is 23.7 Å². The maximum absolute atomic E-state index is 12.5. The molecule has 0 spiro atoms. The van der Waals surface area contributed by atoms with Crippen LogP contribution in [-0.2, 0) is 6.54 Å². The van der Waals surface area contributed by atoms with Gasteiger partial charge in [0.15, 0.2) is 0 Å². The van der Waals surface area contributed by atoms with Gasteiger partial charge in [0.05, 0.1) is 17.7 Å². The minimum atomic E-state index is -0.0710.